The van der Waals surface area contributed by atoms with E-state index >= 15 is 0 Å². The minimum absolute atomic E-state index is 0.151. The quantitative estimate of drug-likeness (QED) is 0.535. The van der Waals surface area contributed by atoms with Crippen molar-refractivity contribution in [3.8, 4) is 0 Å². The maximum absolute atomic E-state index is 12.8. The van der Waals surface area contributed by atoms with Crippen LogP contribution < -0.4 is 4.72 Å². The SMILES string of the molecule is Cc1ccc(S(=O)(=O)Nc2ccc(C(=O)N3CCC4(CC3)OCCO4)cc2)cc1[N+](=O)[O-]. The number of ether oxygens (including phenoxy) is 2. The third kappa shape index (κ3) is 4.45. The second-order valence-corrected chi connectivity index (χ2v) is 9.47. The molecule has 2 aliphatic heterocycles. The van der Waals surface area contributed by atoms with Crippen LogP contribution in [0.1, 0.15) is 28.8 Å². The second kappa shape index (κ2) is 8.49. The Morgan fingerprint density at radius 3 is 2.31 bits per heavy atom. The molecule has 1 N–H and O–H groups in total. The lowest BCUT2D eigenvalue weighted by molar-refractivity contribution is -0.385. The number of carbonyl (C=O) groups excluding carboxylic acids is 1. The smallest absolute Gasteiger partial charge is 0.273 e. The van der Waals surface area contributed by atoms with E-state index in [1.54, 1.807) is 17.0 Å². The van der Waals surface area contributed by atoms with E-state index in [1.165, 1.54) is 31.2 Å². The molecule has 2 aromatic carbocycles. The number of amides is 1. The molecule has 0 aromatic heterocycles. The number of carbonyl (C=O) groups is 1. The van der Waals surface area contributed by atoms with E-state index in [2.05, 4.69) is 4.72 Å². The largest absolute Gasteiger partial charge is 0.347 e. The van der Waals surface area contributed by atoms with Crippen molar-refractivity contribution in [2.24, 2.45) is 0 Å². The topological polar surface area (TPSA) is 128 Å². The van der Waals surface area contributed by atoms with Crippen LogP contribution in [-0.4, -0.2) is 56.2 Å². The van der Waals surface area contributed by atoms with Crippen LogP contribution in [0, 0.1) is 17.0 Å². The molecule has 2 fully saturated rings. The minimum atomic E-state index is -4.03. The lowest BCUT2D eigenvalue weighted by Crippen LogP contribution is -2.47. The van der Waals surface area contributed by atoms with E-state index < -0.39 is 20.7 Å². The highest BCUT2D eigenvalue weighted by molar-refractivity contribution is 7.92. The molecule has 0 atom stereocenters. The van der Waals surface area contributed by atoms with E-state index in [9.17, 15) is 23.3 Å². The fourth-order valence-corrected chi connectivity index (χ4v) is 4.94. The Bertz CT molecular complexity index is 1130. The average molecular weight is 461 g/mol. The van der Waals surface area contributed by atoms with Crippen molar-refractivity contribution in [1.29, 1.82) is 0 Å². The first-order chi connectivity index (χ1) is 15.2. The Hall–Kier alpha value is -3.02. The molecule has 0 radical (unpaired) electrons. The number of anilines is 1. The van der Waals surface area contributed by atoms with E-state index in [0.29, 0.717) is 50.3 Å². The lowest BCUT2D eigenvalue weighted by Gasteiger charge is -2.37. The molecule has 4 rings (SSSR count). The van der Waals surface area contributed by atoms with E-state index in [4.69, 9.17) is 9.47 Å². The number of nitrogens with one attached hydrogen (secondary N) is 1. The fraction of sp³-hybridized carbons (Fsp3) is 0.381. The predicted molar refractivity (Wildman–Crippen MR) is 115 cm³/mol. The molecule has 2 heterocycles. The van der Waals surface area contributed by atoms with Gasteiger partial charge in [-0.2, -0.15) is 0 Å². The summed E-state index contributed by atoms with van der Waals surface area (Å²) >= 11 is 0. The maximum atomic E-state index is 12.8. The number of rotatable bonds is 5. The molecule has 2 aromatic rings. The summed E-state index contributed by atoms with van der Waals surface area (Å²) in [5.41, 5.74) is 0.773. The van der Waals surface area contributed by atoms with Crippen LogP contribution in [0.2, 0.25) is 0 Å². The van der Waals surface area contributed by atoms with Crippen molar-refractivity contribution >= 4 is 27.3 Å². The summed E-state index contributed by atoms with van der Waals surface area (Å²) in [5, 5.41) is 11.1. The van der Waals surface area contributed by atoms with Gasteiger partial charge in [-0.1, -0.05) is 6.07 Å². The van der Waals surface area contributed by atoms with Gasteiger partial charge < -0.3 is 14.4 Å². The number of hydrogen-bond acceptors (Lipinski definition) is 7. The van der Waals surface area contributed by atoms with Gasteiger partial charge in [0.1, 0.15) is 0 Å². The third-order valence-electron chi connectivity index (χ3n) is 5.70. The lowest BCUT2D eigenvalue weighted by atomic mass is 10.0. The number of aryl methyl sites for hydroxylation is 1. The van der Waals surface area contributed by atoms with Crippen LogP contribution in [0.4, 0.5) is 11.4 Å². The molecule has 170 valence electrons. The Labute approximate surface area is 185 Å². The molecule has 2 saturated heterocycles. The molecular formula is C21H23N3O7S. The first-order valence-corrected chi connectivity index (χ1v) is 11.6. The Balaban J connectivity index is 1.43. The van der Waals surface area contributed by atoms with Crippen molar-refractivity contribution in [2.75, 3.05) is 31.0 Å². The fourth-order valence-electron chi connectivity index (χ4n) is 3.87. The Morgan fingerprint density at radius 2 is 1.72 bits per heavy atom. The highest BCUT2D eigenvalue weighted by Crippen LogP contribution is 2.32. The van der Waals surface area contributed by atoms with Crippen LogP contribution in [0.15, 0.2) is 47.4 Å². The molecule has 32 heavy (non-hydrogen) atoms. The zero-order valence-corrected chi connectivity index (χ0v) is 18.3. The molecule has 0 bridgehead atoms. The van der Waals surface area contributed by atoms with Gasteiger partial charge in [-0.05, 0) is 37.3 Å². The van der Waals surface area contributed by atoms with Crippen molar-refractivity contribution < 1.29 is 27.6 Å². The van der Waals surface area contributed by atoms with Gasteiger partial charge in [0.2, 0.25) is 0 Å². The zero-order valence-electron chi connectivity index (χ0n) is 17.4. The molecule has 2 aliphatic rings. The summed E-state index contributed by atoms with van der Waals surface area (Å²) in [6.45, 7) is 3.70. The highest BCUT2D eigenvalue weighted by atomic mass is 32.2. The molecule has 1 amide bonds. The number of piperidine rings is 1. The number of nitrogens with zero attached hydrogens (tertiary/aromatic N) is 2. The maximum Gasteiger partial charge on any atom is 0.273 e. The molecule has 10 nitrogen and oxygen atoms in total. The van der Waals surface area contributed by atoms with Gasteiger partial charge >= 0.3 is 0 Å². The third-order valence-corrected chi connectivity index (χ3v) is 7.08. The molecule has 11 heteroatoms. The summed E-state index contributed by atoms with van der Waals surface area (Å²) in [7, 11) is -4.03. The van der Waals surface area contributed by atoms with Crippen LogP contribution in [0.25, 0.3) is 0 Å². The molecule has 0 unspecified atom stereocenters. The summed E-state index contributed by atoms with van der Waals surface area (Å²) in [4.78, 5) is 24.8. The van der Waals surface area contributed by atoms with Crippen molar-refractivity contribution in [1.82, 2.24) is 4.90 Å². The summed E-state index contributed by atoms with van der Waals surface area (Å²) in [6.07, 6.45) is 1.22. The van der Waals surface area contributed by atoms with Gasteiger partial charge in [0, 0.05) is 48.8 Å². The number of benzene rings is 2. The van der Waals surface area contributed by atoms with E-state index in [0.717, 1.165) is 6.07 Å². The molecule has 0 saturated carbocycles. The van der Waals surface area contributed by atoms with Gasteiger partial charge in [-0.25, -0.2) is 8.42 Å². The number of nitro benzene ring substituents is 1. The summed E-state index contributed by atoms with van der Waals surface area (Å²) in [6, 6.07) is 9.79. The number of hydrogen-bond donors (Lipinski definition) is 1. The number of nitro groups is 1. The predicted octanol–water partition coefficient (Wildman–Crippen LogP) is 2.68. The number of sulfonamides is 1. The normalized spacial score (nSPS) is 18.0. The molecule has 1 spiro atoms. The molecule has 0 aliphatic carbocycles. The minimum Gasteiger partial charge on any atom is -0.347 e. The van der Waals surface area contributed by atoms with Crippen LogP contribution in [-0.2, 0) is 19.5 Å². The van der Waals surface area contributed by atoms with E-state index in [1.807, 2.05) is 0 Å². The summed E-state index contributed by atoms with van der Waals surface area (Å²) < 4.78 is 39.0. The van der Waals surface area contributed by atoms with Gasteiger partial charge in [0.25, 0.3) is 21.6 Å². The van der Waals surface area contributed by atoms with Gasteiger partial charge in [0.05, 0.1) is 23.0 Å². The first kappa shape index (κ1) is 22.2. The Kier molecular flexibility index (Phi) is 5.89. The average Bonchev–Trinajstić information content (AvgIpc) is 3.22. The highest BCUT2D eigenvalue weighted by Gasteiger charge is 2.40. The van der Waals surface area contributed by atoms with Crippen LogP contribution >= 0.6 is 0 Å². The van der Waals surface area contributed by atoms with Crippen LogP contribution in [0.5, 0.6) is 0 Å². The standard InChI is InChI=1S/C21H23N3O7S/c1-15-2-7-18(14-19(15)24(26)27)32(28,29)22-17-5-3-16(4-6-17)20(25)23-10-8-21(9-11-23)30-12-13-31-21/h2-7,14,22H,8-13H2,1H3. The molecular weight excluding hydrogens is 438 g/mol. The zero-order chi connectivity index (χ0) is 22.9. The van der Waals surface area contributed by atoms with Crippen molar-refractivity contribution in [3.05, 3.63) is 63.7 Å². The van der Waals surface area contributed by atoms with Gasteiger partial charge in [-0.15, -0.1) is 0 Å². The van der Waals surface area contributed by atoms with Crippen molar-refractivity contribution in [3.63, 3.8) is 0 Å². The first-order valence-electron chi connectivity index (χ1n) is 10.1. The van der Waals surface area contributed by atoms with Crippen LogP contribution in [0.3, 0.4) is 0 Å². The van der Waals surface area contributed by atoms with Crippen molar-refractivity contribution in [2.45, 2.75) is 30.4 Å². The van der Waals surface area contributed by atoms with Gasteiger partial charge in [-0.3, -0.25) is 19.6 Å². The summed E-state index contributed by atoms with van der Waals surface area (Å²) in [5.74, 6) is -0.717. The monoisotopic (exact) mass is 461 g/mol. The van der Waals surface area contributed by atoms with E-state index in [-0.39, 0.29) is 22.2 Å². The number of likely N-dealkylation sites (tertiary alicyclic amines) is 1. The Morgan fingerprint density at radius 1 is 1.09 bits per heavy atom. The van der Waals surface area contributed by atoms with Gasteiger partial charge in [0.15, 0.2) is 5.79 Å². The second-order valence-electron chi connectivity index (χ2n) is 7.79.